The van der Waals surface area contributed by atoms with E-state index in [0.29, 0.717) is 0 Å². The molecule has 0 spiro atoms. The molecule has 142 valence electrons. The van der Waals surface area contributed by atoms with Gasteiger partial charge in [0.1, 0.15) is 5.75 Å². The largest absolute Gasteiger partial charge is 0.507 e. The highest BCUT2D eigenvalue weighted by Gasteiger charge is 2.22. The standard InChI is InChI=1S/C21H23NO5/c1-2-22(13-15-6-5-11-27-15)14-9-10-18(19(23)12-14)20(24)16-7-3-4-8-17(16)21(25)26/h3-4,7-10,12,15,23H,2,5-6,11,13H2,1H3,(H,25,26). The Morgan fingerprint density at radius 3 is 2.48 bits per heavy atom. The van der Waals surface area contributed by atoms with Crippen LogP contribution >= 0.6 is 0 Å². The monoisotopic (exact) mass is 369 g/mol. The fourth-order valence-electron chi connectivity index (χ4n) is 3.37. The minimum atomic E-state index is -1.18. The van der Waals surface area contributed by atoms with Crippen LogP contribution in [-0.4, -0.2) is 47.8 Å². The molecule has 2 aromatic rings. The van der Waals surface area contributed by atoms with Crippen molar-refractivity contribution in [2.24, 2.45) is 0 Å². The number of likely N-dealkylation sites (N-methyl/N-ethyl adjacent to an activating group) is 1. The molecule has 0 saturated carbocycles. The van der Waals surface area contributed by atoms with Gasteiger partial charge in [-0.2, -0.15) is 0 Å². The zero-order chi connectivity index (χ0) is 19.4. The van der Waals surface area contributed by atoms with Gasteiger partial charge in [0.2, 0.25) is 0 Å². The fraction of sp³-hybridized carbons (Fsp3) is 0.333. The molecule has 1 atom stereocenters. The number of carboxylic acid groups (broad SMARTS) is 1. The Kier molecular flexibility index (Phi) is 5.76. The van der Waals surface area contributed by atoms with Crippen LogP contribution in [0.25, 0.3) is 0 Å². The molecule has 27 heavy (non-hydrogen) atoms. The van der Waals surface area contributed by atoms with Crippen molar-refractivity contribution in [3.63, 3.8) is 0 Å². The lowest BCUT2D eigenvalue weighted by atomic mass is 9.97. The topological polar surface area (TPSA) is 87.1 Å². The molecule has 1 fully saturated rings. The smallest absolute Gasteiger partial charge is 0.336 e. The summed E-state index contributed by atoms with van der Waals surface area (Å²) in [6.45, 7) is 4.28. The molecule has 0 aromatic heterocycles. The molecule has 0 radical (unpaired) electrons. The molecule has 2 aromatic carbocycles. The van der Waals surface area contributed by atoms with E-state index in [1.54, 1.807) is 30.3 Å². The van der Waals surface area contributed by atoms with Gasteiger partial charge in [0, 0.05) is 37.0 Å². The molecular weight excluding hydrogens is 346 g/mol. The third-order valence-electron chi connectivity index (χ3n) is 4.82. The molecule has 0 amide bonds. The Hall–Kier alpha value is -2.86. The molecule has 1 saturated heterocycles. The Balaban J connectivity index is 1.86. The van der Waals surface area contributed by atoms with E-state index < -0.39 is 11.8 Å². The number of benzene rings is 2. The molecule has 6 heteroatoms. The van der Waals surface area contributed by atoms with E-state index in [-0.39, 0.29) is 28.5 Å². The summed E-state index contributed by atoms with van der Waals surface area (Å²) in [5.41, 5.74) is 0.855. The molecule has 1 aliphatic rings. The molecule has 6 nitrogen and oxygen atoms in total. The van der Waals surface area contributed by atoms with E-state index in [1.165, 1.54) is 12.1 Å². The number of hydrogen-bond acceptors (Lipinski definition) is 5. The highest BCUT2D eigenvalue weighted by molar-refractivity contribution is 6.15. The van der Waals surface area contributed by atoms with Gasteiger partial charge >= 0.3 is 5.97 Å². The predicted molar refractivity (Wildman–Crippen MR) is 102 cm³/mol. The normalized spacial score (nSPS) is 16.3. The zero-order valence-electron chi connectivity index (χ0n) is 15.2. The maximum atomic E-state index is 12.8. The highest BCUT2D eigenvalue weighted by atomic mass is 16.5. The predicted octanol–water partition coefficient (Wildman–Crippen LogP) is 3.33. The number of anilines is 1. The molecule has 0 bridgehead atoms. The summed E-state index contributed by atoms with van der Waals surface area (Å²) < 4.78 is 5.68. The quantitative estimate of drug-likeness (QED) is 0.728. The molecular formula is C21H23NO5. The van der Waals surface area contributed by atoms with Gasteiger partial charge < -0.3 is 19.8 Å². The third-order valence-corrected chi connectivity index (χ3v) is 4.82. The number of carbonyl (C=O) groups excluding carboxylic acids is 1. The number of hydrogen-bond donors (Lipinski definition) is 2. The van der Waals surface area contributed by atoms with Crippen molar-refractivity contribution < 1.29 is 24.5 Å². The first-order valence-corrected chi connectivity index (χ1v) is 9.07. The van der Waals surface area contributed by atoms with Crippen LogP contribution in [0.2, 0.25) is 0 Å². The number of nitrogens with zero attached hydrogens (tertiary/aromatic N) is 1. The summed E-state index contributed by atoms with van der Waals surface area (Å²) in [5.74, 6) is -1.86. The van der Waals surface area contributed by atoms with Crippen LogP contribution < -0.4 is 4.90 Å². The van der Waals surface area contributed by atoms with Crippen LogP contribution in [0.4, 0.5) is 5.69 Å². The van der Waals surface area contributed by atoms with E-state index in [1.807, 2.05) is 6.92 Å². The molecule has 3 rings (SSSR count). The third kappa shape index (κ3) is 4.11. The van der Waals surface area contributed by atoms with Gasteiger partial charge in [-0.1, -0.05) is 18.2 Å². The second-order valence-electron chi connectivity index (χ2n) is 6.55. The van der Waals surface area contributed by atoms with Gasteiger partial charge in [-0.25, -0.2) is 4.79 Å². The van der Waals surface area contributed by atoms with Crippen molar-refractivity contribution in [2.45, 2.75) is 25.9 Å². The first kappa shape index (κ1) is 18.9. The molecule has 2 N–H and O–H groups in total. The lowest BCUT2D eigenvalue weighted by Gasteiger charge is -2.26. The number of ketones is 1. The summed E-state index contributed by atoms with van der Waals surface area (Å²) in [4.78, 5) is 26.2. The number of phenols is 1. The number of carboxylic acids is 1. The minimum absolute atomic E-state index is 0.0553. The van der Waals surface area contributed by atoms with Gasteiger partial charge in [-0.3, -0.25) is 4.79 Å². The fourth-order valence-corrected chi connectivity index (χ4v) is 3.37. The Morgan fingerprint density at radius 1 is 1.15 bits per heavy atom. The van der Waals surface area contributed by atoms with Crippen molar-refractivity contribution in [1.82, 2.24) is 0 Å². The van der Waals surface area contributed by atoms with Crippen molar-refractivity contribution >= 4 is 17.4 Å². The first-order valence-electron chi connectivity index (χ1n) is 9.07. The van der Waals surface area contributed by atoms with Gasteiger partial charge in [-0.15, -0.1) is 0 Å². The minimum Gasteiger partial charge on any atom is -0.507 e. The summed E-state index contributed by atoms with van der Waals surface area (Å²) in [5, 5.41) is 19.7. The van der Waals surface area contributed by atoms with Crippen LogP contribution in [0.15, 0.2) is 42.5 Å². The summed E-state index contributed by atoms with van der Waals surface area (Å²) >= 11 is 0. The zero-order valence-corrected chi connectivity index (χ0v) is 15.2. The second-order valence-corrected chi connectivity index (χ2v) is 6.55. The lowest BCUT2D eigenvalue weighted by molar-refractivity contribution is 0.0692. The molecule has 1 aliphatic heterocycles. The van der Waals surface area contributed by atoms with E-state index in [9.17, 15) is 19.8 Å². The van der Waals surface area contributed by atoms with Crippen LogP contribution in [0, 0.1) is 0 Å². The average Bonchev–Trinajstić information content (AvgIpc) is 3.18. The number of phenolic OH excluding ortho intramolecular Hbond substituents is 1. The molecule has 1 unspecified atom stereocenters. The lowest BCUT2D eigenvalue weighted by Crippen LogP contribution is -2.32. The number of rotatable bonds is 7. The number of carbonyl (C=O) groups is 2. The summed E-state index contributed by atoms with van der Waals surface area (Å²) in [6.07, 6.45) is 2.26. The van der Waals surface area contributed by atoms with Crippen LogP contribution in [0.3, 0.4) is 0 Å². The average molecular weight is 369 g/mol. The Morgan fingerprint density at radius 2 is 1.89 bits per heavy atom. The Bertz CT molecular complexity index is 842. The summed E-state index contributed by atoms with van der Waals surface area (Å²) in [7, 11) is 0. The van der Waals surface area contributed by atoms with Crippen molar-refractivity contribution in [3.8, 4) is 5.75 Å². The van der Waals surface area contributed by atoms with Gasteiger partial charge in [-0.05, 0) is 38.0 Å². The Labute approximate surface area is 158 Å². The van der Waals surface area contributed by atoms with E-state index in [2.05, 4.69) is 4.90 Å². The number of aromatic carboxylic acids is 1. The maximum Gasteiger partial charge on any atom is 0.336 e. The number of ether oxygens (including phenoxy) is 1. The van der Waals surface area contributed by atoms with Crippen molar-refractivity contribution in [1.29, 1.82) is 0 Å². The summed E-state index contributed by atoms with van der Waals surface area (Å²) in [6, 6.07) is 10.9. The second kappa shape index (κ2) is 8.22. The first-order chi connectivity index (χ1) is 13.0. The van der Waals surface area contributed by atoms with Crippen LogP contribution in [0.1, 0.15) is 46.0 Å². The van der Waals surface area contributed by atoms with E-state index >= 15 is 0 Å². The van der Waals surface area contributed by atoms with E-state index in [0.717, 1.165) is 38.2 Å². The van der Waals surface area contributed by atoms with Crippen LogP contribution in [-0.2, 0) is 4.74 Å². The molecule has 1 heterocycles. The highest BCUT2D eigenvalue weighted by Crippen LogP contribution is 2.28. The van der Waals surface area contributed by atoms with Crippen LogP contribution in [0.5, 0.6) is 5.75 Å². The van der Waals surface area contributed by atoms with E-state index in [4.69, 9.17) is 4.74 Å². The number of aromatic hydroxyl groups is 1. The van der Waals surface area contributed by atoms with Gasteiger partial charge in [0.25, 0.3) is 0 Å². The van der Waals surface area contributed by atoms with Gasteiger partial charge in [0.15, 0.2) is 5.78 Å². The van der Waals surface area contributed by atoms with Crippen molar-refractivity contribution in [3.05, 3.63) is 59.2 Å². The SMILES string of the molecule is CCN(CC1CCCO1)c1ccc(C(=O)c2ccccc2C(=O)O)c(O)c1. The van der Waals surface area contributed by atoms with Crippen molar-refractivity contribution in [2.75, 3.05) is 24.6 Å². The maximum absolute atomic E-state index is 12.8. The molecule has 0 aliphatic carbocycles. The van der Waals surface area contributed by atoms with Gasteiger partial charge in [0.05, 0.1) is 17.2 Å².